The predicted octanol–water partition coefficient (Wildman–Crippen LogP) is 3.84. The number of alkyl halides is 3. The molecule has 0 radical (unpaired) electrons. The van der Waals surface area contributed by atoms with Crippen LogP contribution in [0.25, 0.3) is 11.0 Å². The lowest BCUT2D eigenvalue weighted by Gasteiger charge is -2.35. The number of nitrogens with zero attached hydrogens (tertiary/aromatic N) is 3. The van der Waals surface area contributed by atoms with Crippen LogP contribution >= 0.6 is 0 Å². The van der Waals surface area contributed by atoms with E-state index in [1.807, 2.05) is 30.0 Å². The van der Waals surface area contributed by atoms with Gasteiger partial charge in [0.2, 0.25) is 0 Å². The van der Waals surface area contributed by atoms with Crippen LogP contribution in [0.1, 0.15) is 16.7 Å². The van der Waals surface area contributed by atoms with E-state index in [2.05, 4.69) is 9.88 Å². The van der Waals surface area contributed by atoms with E-state index in [4.69, 9.17) is 4.42 Å². The molecule has 1 aromatic carbocycles. The number of piperazine rings is 1. The second-order valence-corrected chi connectivity index (χ2v) is 7.26. The first-order chi connectivity index (χ1) is 13.8. The second kappa shape index (κ2) is 7.51. The molecule has 3 aromatic rings. The van der Waals surface area contributed by atoms with Gasteiger partial charge in [0.25, 0.3) is 0 Å². The monoisotopic (exact) mass is 403 g/mol. The Labute approximate surface area is 165 Å². The number of benzene rings is 1. The summed E-state index contributed by atoms with van der Waals surface area (Å²) in [7, 11) is 0. The average Bonchev–Trinajstić information content (AvgIpc) is 2.67. The van der Waals surface area contributed by atoms with Crippen molar-refractivity contribution in [3.63, 3.8) is 0 Å². The minimum atomic E-state index is -4.38. The first kappa shape index (κ1) is 19.4. The molecule has 0 saturated carbocycles. The van der Waals surface area contributed by atoms with Gasteiger partial charge in [0.15, 0.2) is 0 Å². The van der Waals surface area contributed by atoms with E-state index in [-0.39, 0.29) is 5.63 Å². The maximum Gasteiger partial charge on any atom is 0.417 e. The zero-order valence-electron chi connectivity index (χ0n) is 15.9. The maximum atomic E-state index is 12.7. The van der Waals surface area contributed by atoms with Crippen LogP contribution in [-0.4, -0.2) is 36.1 Å². The third-order valence-electron chi connectivity index (χ3n) is 5.15. The van der Waals surface area contributed by atoms with Crippen molar-refractivity contribution in [1.29, 1.82) is 0 Å². The number of halogens is 3. The fraction of sp³-hybridized carbons (Fsp3) is 0.333. The molecule has 1 aliphatic heterocycles. The molecule has 0 spiro atoms. The summed E-state index contributed by atoms with van der Waals surface area (Å²) >= 11 is 0. The smallest absolute Gasteiger partial charge is 0.417 e. The van der Waals surface area contributed by atoms with Crippen LogP contribution in [0.3, 0.4) is 0 Å². The Kier molecular flexibility index (Phi) is 5.04. The van der Waals surface area contributed by atoms with Crippen LogP contribution in [0, 0.1) is 6.92 Å². The van der Waals surface area contributed by atoms with Gasteiger partial charge in [0, 0.05) is 50.4 Å². The van der Waals surface area contributed by atoms with Gasteiger partial charge in [-0.15, -0.1) is 0 Å². The summed E-state index contributed by atoms with van der Waals surface area (Å²) in [6, 6.07) is 9.81. The van der Waals surface area contributed by atoms with Crippen molar-refractivity contribution in [2.24, 2.45) is 0 Å². The van der Waals surface area contributed by atoms with Crippen molar-refractivity contribution in [3.05, 3.63) is 69.7 Å². The van der Waals surface area contributed by atoms with Crippen LogP contribution in [0.15, 0.2) is 51.8 Å². The predicted molar refractivity (Wildman–Crippen MR) is 104 cm³/mol. The molecule has 1 fully saturated rings. The van der Waals surface area contributed by atoms with E-state index < -0.39 is 11.7 Å². The second-order valence-electron chi connectivity index (χ2n) is 7.26. The molecule has 3 heterocycles. The zero-order chi connectivity index (χ0) is 20.6. The number of aryl methyl sites for hydroxylation is 1. The van der Waals surface area contributed by atoms with Crippen LogP contribution in [0.4, 0.5) is 19.0 Å². The number of anilines is 1. The first-order valence-electron chi connectivity index (χ1n) is 9.33. The Balaban J connectivity index is 1.44. The normalized spacial score (nSPS) is 15.8. The molecule has 152 valence electrons. The molecule has 2 aromatic heterocycles. The molecule has 0 atom stereocenters. The highest BCUT2D eigenvalue weighted by atomic mass is 19.4. The standard InChI is InChI=1S/C21H20F3N3O2/c1-14-2-4-17-15(11-20(28)29-18(17)10-14)13-26-6-8-27(9-7-26)19-5-3-16(12-25-19)21(22,23)24/h2-5,10-12H,6-9,13H2,1H3. The van der Waals surface area contributed by atoms with Gasteiger partial charge in [0.1, 0.15) is 11.4 Å². The topological polar surface area (TPSA) is 49.6 Å². The molecular formula is C21H20F3N3O2. The van der Waals surface area contributed by atoms with Crippen molar-refractivity contribution < 1.29 is 17.6 Å². The number of hydrogen-bond donors (Lipinski definition) is 0. The summed E-state index contributed by atoms with van der Waals surface area (Å²) in [5, 5.41) is 0.919. The van der Waals surface area contributed by atoms with Gasteiger partial charge >= 0.3 is 11.8 Å². The van der Waals surface area contributed by atoms with Crippen molar-refractivity contribution in [3.8, 4) is 0 Å². The van der Waals surface area contributed by atoms with E-state index in [0.29, 0.717) is 31.0 Å². The lowest BCUT2D eigenvalue weighted by atomic mass is 10.1. The number of hydrogen-bond acceptors (Lipinski definition) is 5. The van der Waals surface area contributed by atoms with Crippen molar-refractivity contribution >= 4 is 16.8 Å². The van der Waals surface area contributed by atoms with E-state index in [1.54, 1.807) is 0 Å². The number of aromatic nitrogens is 1. The van der Waals surface area contributed by atoms with Gasteiger partial charge in [-0.3, -0.25) is 4.90 Å². The molecule has 0 N–H and O–H groups in total. The Hall–Kier alpha value is -2.87. The van der Waals surface area contributed by atoms with Crippen molar-refractivity contribution in [1.82, 2.24) is 9.88 Å². The summed E-state index contributed by atoms with van der Waals surface area (Å²) in [5.41, 5.74) is 1.41. The minimum Gasteiger partial charge on any atom is -0.423 e. The number of pyridine rings is 1. The molecule has 0 aliphatic carbocycles. The molecule has 5 nitrogen and oxygen atoms in total. The lowest BCUT2D eigenvalue weighted by molar-refractivity contribution is -0.137. The molecular weight excluding hydrogens is 383 g/mol. The third-order valence-corrected chi connectivity index (χ3v) is 5.15. The Bertz CT molecular complexity index is 1070. The van der Waals surface area contributed by atoms with E-state index in [9.17, 15) is 18.0 Å². The fourth-order valence-electron chi connectivity index (χ4n) is 3.58. The molecule has 0 unspecified atom stereocenters. The van der Waals surface area contributed by atoms with E-state index in [1.165, 1.54) is 12.1 Å². The van der Waals surface area contributed by atoms with Gasteiger partial charge in [-0.2, -0.15) is 13.2 Å². The SMILES string of the molecule is Cc1ccc2c(CN3CCN(c4ccc(C(F)(F)F)cn4)CC3)cc(=O)oc2c1. The fourth-order valence-corrected chi connectivity index (χ4v) is 3.58. The molecule has 1 aliphatic rings. The van der Waals surface area contributed by atoms with E-state index in [0.717, 1.165) is 41.9 Å². The van der Waals surface area contributed by atoms with Gasteiger partial charge < -0.3 is 9.32 Å². The van der Waals surface area contributed by atoms with Gasteiger partial charge in [-0.25, -0.2) is 9.78 Å². The maximum absolute atomic E-state index is 12.7. The Morgan fingerprint density at radius 1 is 1.07 bits per heavy atom. The zero-order valence-corrected chi connectivity index (χ0v) is 15.9. The Morgan fingerprint density at radius 3 is 2.48 bits per heavy atom. The van der Waals surface area contributed by atoms with Gasteiger partial charge in [-0.1, -0.05) is 12.1 Å². The largest absolute Gasteiger partial charge is 0.423 e. The quantitative estimate of drug-likeness (QED) is 0.622. The summed E-state index contributed by atoms with van der Waals surface area (Å²) in [6.45, 7) is 5.29. The molecule has 8 heteroatoms. The lowest BCUT2D eigenvalue weighted by Crippen LogP contribution is -2.46. The van der Waals surface area contributed by atoms with Gasteiger partial charge in [-0.05, 0) is 36.2 Å². The molecule has 0 bridgehead atoms. The highest BCUT2D eigenvalue weighted by molar-refractivity contribution is 5.80. The van der Waals surface area contributed by atoms with Crippen LogP contribution < -0.4 is 10.5 Å². The Morgan fingerprint density at radius 2 is 1.83 bits per heavy atom. The van der Waals surface area contributed by atoms with Crippen LogP contribution in [0.2, 0.25) is 0 Å². The summed E-state index contributed by atoms with van der Waals surface area (Å²) < 4.78 is 43.4. The molecule has 0 amide bonds. The third kappa shape index (κ3) is 4.27. The summed E-state index contributed by atoms with van der Waals surface area (Å²) in [6.07, 6.45) is -3.51. The number of rotatable bonds is 3. The molecule has 29 heavy (non-hydrogen) atoms. The highest BCUT2D eigenvalue weighted by Gasteiger charge is 2.31. The summed E-state index contributed by atoms with van der Waals surface area (Å²) in [4.78, 5) is 20.1. The van der Waals surface area contributed by atoms with Crippen molar-refractivity contribution in [2.75, 3.05) is 31.1 Å². The number of fused-ring (bicyclic) bond motifs is 1. The van der Waals surface area contributed by atoms with Crippen LogP contribution in [-0.2, 0) is 12.7 Å². The minimum absolute atomic E-state index is 0.370. The van der Waals surface area contributed by atoms with E-state index >= 15 is 0 Å². The molecule has 4 rings (SSSR count). The highest BCUT2D eigenvalue weighted by Crippen LogP contribution is 2.29. The first-order valence-corrected chi connectivity index (χ1v) is 9.33. The van der Waals surface area contributed by atoms with Crippen LogP contribution in [0.5, 0.6) is 0 Å². The van der Waals surface area contributed by atoms with Gasteiger partial charge in [0.05, 0.1) is 5.56 Å². The molecule has 1 saturated heterocycles. The summed E-state index contributed by atoms with van der Waals surface area (Å²) in [5.74, 6) is 0.541. The average molecular weight is 403 g/mol. The van der Waals surface area contributed by atoms with Crippen molar-refractivity contribution in [2.45, 2.75) is 19.6 Å².